The van der Waals surface area contributed by atoms with Crippen LogP contribution in [0.25, 0.3) is 0 Å². The van der Waals surface area contributed by atoms with Crippen LogP contribution >= 0.6 is 0 Å². The fourth-order valence-corrected chi connectivity index (χ4v) is 0. The number of rotatable bonds is 1. The number of aliphatic hydroxyl groups excluding tert-OH is 1. The molecular formula is C4H12O2. The number of ether oxygens (including phenoxy) is 1. The van der Waals surface area contributed by atoms with E-state index in [1.807, 2.05) is 0 Å². The molecule has 0 spiro atoms. The van der Waals surface area contributed by atoms with Crippen LogP contribution < -0.4 is 0 Å². The van der Waals surface area contributed by atoms with Crippen molar-refractivity contribution in [1.29, 1.82) is 0 Å². The average Bonchev–Trinajstić information content (AvgIpc) is 1.38. The van der Waals surface area contributed by atoms with Gasteiger partial charge >= 0.3 is 0 Å². The predicted molar refractivity (Wildman–Crippen MR) is 25.4 cm³/mol. The summed E-state index contributed by atoms with van der Waals surface area (Å²) in [6, 6.07) is 0. The van der Waals surface area contributed by atoms with Gasteiger partial charge in [-0.2, -0.15) is 0 Å². The van der Waals surface area contributed by atoms with E-state index < -0.39 is 6.29 Å². The third kappa shape index (κ3) is 9.07. The van der Waals surface area contributed by atoms with Gasteiger partial charge in [0.05, 0.1) is 0 Å². The molecule has 0 aromatic rings. The van der Waals surface area contributed by atoms with E-state index in [0.29, 0.717) is 0 Å². The summed E-state index contributed by atoms with van der Waals surface area (Å²) in [7, 11) is 1.45. The molecule has 0 bridgehead atoms. The van der Waals surface area contributed by atoms with Crippen molar-refractivity contribution in [3.05, 3.63) is 0 Å². The Bertz CT molecular complexity index is 19.5. The zero-order valence-corrected chi connectivity index (χ0v) is 3.43. The molecule has 0 heterocycles. The fraction of sp³-hybridized carbons (Fsp3) is 1.00. The first-order valence-corrected chi connectivity index (χ1v) is 1.48. The molecule has 1 unspecified atom stereocenters. The van der Waals surface area contributed by atoms with E-state index in [4.69, 9.17) is 5.11 Å². The lowest BCUT2D eigenvalue weighted by Gasteiger charge is -1.94. The monoisotopic (exact) mass is 92.1 g/mol. The molecule has 0 radical (unpaired) electrons. The molecule has 0 aliphatic carbocycles. The van der Waals surface area contributed by atoms with Crippen molar-refractivity contribution in [2.75, 3.05) is 7.11 Å². The van der Waals surface area contributed by atoms with Gasteiger partial charge < -0.3 is 9.84 Å². The maximum absolute atomic E-state index is 8.14. The molecule has 0 aliphatic heterocycles. The molecule has 0 aliphatic rings. The topological polar surface area (TPSA) is 29.5 Å². The first-order chi connectivity index (χ1) is 2.27. The number of hydrogen-bond acceptors (Lipinski definition) is 2. The first-order valence-electron chi connectivity index (χ1n) is 1.48. The quantitative estimate of drug-likeness (QED) is 0.480. The van der Waals surface area contributed by atoms with E-state index in [2.05, 4.69) is 4.74 Å². The molecule has 0 saturated heterocycles. The lowest BCUT2D eigenvalue weighted by Crippen LogP contribution is -1.99. The van der Waals surface area contributed by atoms with Crippen molar-refractivity contribution in [3.63, 3.8) is 0 Å². The van der Waals surface area contributed by atoms with Gasteiger partial charge in [0, 0.05) is 7.11 Å². The zero-order valence-electron chi connectivity index (χ0n) is 3.43. The Kier molecular flexibility index (Phi) is 7.65. The third-order valence-corrected chi connectivity index (χ3v) is 0.341. The minimum absolute atomic E-state index is 0. The van der Waals surface area contributed by atoms with Crippen molar-refractivity contribution in [3.8, 4) is 0 Å². The Labute approximate surface area is 38.7 Å². The third-order valence-electron chi connectivity index (χ3n) is 0.341. The van der Waals surface area contributed by atoms with Gasteiger partial charge in [0.2, 0.25) is 0 Å². The van der Waals surface area contributed by atoms with Crippen LogP contribution in [0.15, 0.2) is 0 Å². The molecule has 2 nitrogen and oxygen atoms in total. The minimum atomic E-state index is -0.616. The highest BCUT2D eigenvalue weighted by Gasteiger charge is 1.80. The normalized spacial score (nSPS) is 12.5. The summed E-state index contributed by atoms with van der Waals surface area (Å²) in [5, 5.41) is 8.14. The van der Waals surface area contributed by atoms with Crippen molar-refractivity contribution < 1.29 is 9.84 Å². The van der Waals surface area contributed by atoms with Crippen LogP contribution in [-0.4, -0.2) is 18.5 Å². The van der Waals surface area contributed by atoms with Crippen LogP contribution in [0, 0.1) is 0 Å². The Hall–Kier alpha value is -0.0800. The fourth-order valence-electron chi connectivity index (χ4n) is 0. The largest absolute Gasteiger partial charge is 0.368 e. The predicted octanol–water partition coefficient (Wildman–Crippen LogP) is 0.607. The van der Waals surface area contributed by atoms with Gasteiger partial charge in [0.25, 0.3) is 0 Å². The summed E-state index contributed by atoms with van der Waals surface area (Å²) >= 11 is 0. The minimum Gasteiger partial charge on any atom is -0.368 e. The molecule has 0 rings (SSSR count). The summed E-state index contributed by atoms with van der Waals surface area (Å²) in [6.07, 6.45) is -0.616. The van der Waals surface area contributed by atoms with Crippen LogP contribution in [-0.2, 0) is 4.74 Å². The molecule has 2 heteroatoms. The van der Waals surface area contributed by atoms with Crippen molar-refractivity contribution in [1.82, 2.24) is 0 Å². The summed E-state index contributed by atoms with van der Waals surface area (Å²) < 4.78 is 4.31. The van der Waals surface area contributed by atoms with E-state index in [1.165, 1.54) is 7.11 Å². The van der Waals surface area contributed by atoms with Crippen molar-refractivity contribution in [2.45, 2.75) is 20.6 Å². The van der Waals surface area contributed by atoms with Crippen LogP contribution in [0.3, 0.4) is 0 Å². The second kappa shape index (κ2) is 4.92. The highest BCUT2D eigenvalue weighted by Crippen LogP contribution is 1.72. The molecule has 0 aromatic carbocycles. The second-order valence-corrected chi connectivity index (χ2v) is 0.835. The van der Waals surface area contributed by atoms with E-state index >= 15 is 0 Å². The van der Waals surface area contributed by atoms with Crippen molar-refractivity contribution >= 4 is 0 Å². The molecule has 0 aromatic heterocycles. The lowest BCUT2D eigenvalue weighted by atomic mass is 10.8. The molecule has 6 heavy (non-hydrogen) atoms. The van der Waals surface area contributed by atoms with Gasteiger partial charge in [-0.3, -0.25) is 0 Å². The number of hydrogen-bond donors (Lipinski definition) is 1. The van der Waals surface area contributed by atoms with Gasteiger partial charge in [-0.15, -0.1) is 0 Å². The van der Waals surface area contributed by atoms with Gasteiger partial charge in [-0.05, 0) is 6.92 Å². The molecule has 0 amide bonds. The highest BCUT2D eigenvalue weighted by molar-refractivity contribution is 4.10. The molecule has 40 valence electrons. The van der Waals surface area contributed by atoms with E-state index in [9.17, 15) is 0 Å². The number of methoxy groups -OCH3 is 1. The molecule has 1 N–H and O–H groups in total. The average molecular weight is 92.1 g/mol. The van der Waals surface area contributed by atoms with E-state index in [0.717, 1.165) is 0 Å². The number of aliphatic hydroxyl groups is 1. The van der Waals surface area contributed by atoms with Gasteiger partial charge in [0.15, 0.2) is 6.29 Å². The standard InChI is InChI=1S/C3H8O2.CH4/c1-3(4)5-2;/h3-4H,1-2H3;1H4. The molecule has 0 fully saturated rings. The van der Waals surface area contributed by atoms with Crippen molar-refractivity contribution in [2.24, 2.45) is 0 Å². The van der Waals surface area contributed by atoms with Gasteiger partial charge in [-0.1, -0.05) is 7.43 Å². The summed E-state index contributed by atoms with van der Waals surface area (Å²) in [5.41, 5.74) is 0. The van der Waals surface area contributed by atoms with Crippen LogP contribution in [0.1, 0.15) is 14.4 Å². The van der Waals surface area contributed by atoms with Crippen LogP contribution in [0.2, 0.25) is 0 Å². The Balaban J connectivity index is 0. The maximum Gasteiger partial charge on any atom is 0.151 e. The van der Waals surface area contributed by atoms with Crippen LogP contribution in [0.5, 0.6) is 0 Å². The van der Waals surface area contributed by atoms with E-state index in [1.54, 1.807) is 6.92 Å². The summed E-state index contributed by atoms with van der Waals surface area (Å²) in [6.45, 7) is 1.56. The molecular weight excluding hydrogens is 80.0 g/mol. The first kappa shape index (κ1) is 9.33. The SMILES string of the molecule is C.COC(C)O. The van der Waals surface area contributed by atoms with Crippen LogP contribution in [0.4, 0.5) is 0 Å². The highest BCUT2D eigenvalue weighted by atomic mass is 16.6. The van der Waals surface area contributed by atoms with Gasteiger partial charge in [-0.25, -0.2) is 0 Å². The smallest absolute Gasteiger partial charge is 0.151 e. The molecule has 1 atom stereocenters. The maximum atomic E-state index is 8.14. The Morgan fingerprint density at radius 2 is 1.83 bits per heavy atom. The summed E-state index contributed by atoms with van der Waals surface area (Å²) in [5.74, 6) is 0. The van der Waals surface area contributed by atoms with E-state index in [-0.39, 0.29) is 7.43 Å². The lowest BCUT2D eigenvalue weighted by molar-refractivity contribution is -0.0583. The Morgan fingerprint density at radius 3 is 1.83 bits per heavy atom. The second-order valence-electron chi connectivity index (χ2n) is 0.835. The molecule has 0 saturated carbocycles. The summed E-state index contributed by atoms with van der Waals surface area (Å²) in [4.78, 5) is 0. The Morgan fingerprint density at radius 1 is 1.67 bits per heavy atom. The zero-order chi connectivity index (χ0) is 4.28. The van der Waals surface area contributed by atoms with Gasteiger partial charge in [0.1, 0.15) is 0 Å².